The molecule has 0 spiro atoms. The number of halogens is 3. The van der Waals surface area contributed by atoms with Crippen LogP contribution in [0.3, 0.4) is 0 Å². The van der Waals surface area contributed by atoms with Gasteiger partial charge in [0.05, 0.1) is 12.0 Å². The fourth-order valence-electron chi connectivity index (χ4n) is 0.866. The van der Waals surface area contributed by atoms with Crippen LogP contribution in [0.25, 0.3) is 0 Å². The Morgan fingerprint density at radius 2 is 2.23 bits per heavy atom. The standard InChI is InChI=1S/C7H10F3N3/c1-5(7(8,9)10)13-3-6(2-11)12-4-13/h3-5H,2,11H2,1H3. The van der Waals surface area contributed by atoms with Crippen molar-refractivity contribution in [2.75, 3.05) is 0 Å². The van der Waals surface area contributed by atoms with Crippen LogP contribution in [0, 0.1) is 0 Å². The highest BCUT2D eigenvalue weighted by Crippen LogP contribution is 2.29. The van der Waals surface area contributed by atoms with E-state index >= 15 is 0 Å². The van der Waals surface area contributed by atoms with Gasteiger partial charge in [-0.1, -0.05) is 0 Å². The summed E-state index contributed by atoms with van der Waals surface area (Å²) in [7, 11) is 0. The molecule has 0 radical (unpaired) electrons. The second-order valence-electron chi connectivity index (χ2n) is 2.73. The Morgan fingerprint density at radius 3 is 2.62 bits per heavy atom. The fraction of sp³-hybridized carbons (Fsp3) is 0.571. The van der Waals surface area contributed by atoms with Gasteiger partial charge in [-0.3, -0.25) is 0 Å². The largest absolute Gasteiger partial charge is 0.408 e. The van der Waals surface area contributed by atoms with Crippen molar-refractivity contribution in [3.05, 3.63) is 18.2 Å². The molecule has 6 heteroatoms. The van der Waals surface area contributed by atoms with Crippen LogP contribution in [0.5, 0.6) is 0 Å². The average molecular weight is 193 g/mol. The normalized spacial score (nSPS) is 14.5. The van der Waals surface area contributed by atoms with Gasteiger partial charge in [0.25, 0.3) is 0 Å². The van der Waals surface area contributed by atoms with Crippen LogP contribution >= 0.6 is 0 Å². The monoisotopic (exact) mass is 193 g/mol. The van der Waals surface area contributed by atoms with E-state index in [4.69, 9.17) is 5.73 Å². The summed E-state index contributed by atoms with van der Waals surface area (Å²) in [5.74, 6) is 0. The quantitative estimate of drug-likeness (QED) is 0.772. The van der Waals surface area contributed by atoms with Gasteiger partial charge in [-0.2, -0.15) is 13.2 Å². The number of alkyl halides is 3. The number of imidazole rings is 1. The molecule has 1 aromatic rings. The lowest BCUT2D eigenvalue weighted by Crippen LogP contribution is -2.22. The highest BCUT2D eigenvalue weighted by atomic mass is 19.4. The van der Waals surface area contributed by atoms with Crippen molar-refractivity contribution >= 4 is 0 Å². The summed E-state index contributed by atoms with van der Waals surface area (Å²) in [6.45, 7) is 1.22. The summed E-state index contributed by atoms with van der Waals surface area (Å²) in [6.07, 6.45) is -1.80. The SMILES string of the molecule is CC(n1cnc(CN)c1)C(F)(F)F. The molecule has 3 nitrogen and oxygen atoms in total. The zero-order valence-electron chi connectivity index (χ0n) is 7.04. The zero-order chi connectivity index (χ0) is 10.1. The molecule has 0 amide bonds. The van der Waals surface area contributed by atoms with Crippen molar-refractivity contribution in [2.45, 2.75) is 25.7 Å². The highest BCUT2D eigenvalue weighted by Gasteiger charge is 2.37. The lowest BCUT2D eigenvalue weighted by Gasteiger charge is -2.16. The van der Waals surface area contributed by atoms with Crippen molar-refractivity contribution in [3.8, 4) is 0 Å². The summed E-state index contributed by atoms with van der Waals surface area (Å²) < 4.78 is 37.5. The zero-order valence-corrected chi connectivity index (χ0v) is 7.04. The van der Waals surface area contributed by atoms with Crippen molar-refractivity contribution in [2.24, 2.45) is 5.73 Å². The second-order valence-corrected chi connectivity index (χ2v) is 2.73. The maximum atomic E-state index is 12.2. The first-order chi connectivity index (χ1) is 5.95. The Bertz CT molecular complexity index is 279. The molecule has 0 saturated carbocycles. The summed E-state index contributed by atoms with van der Waals surface area (Å²) in [4.78, 5) is 3.71. The van der Waals surface area contributed by atoms with E-state index < -0.39 is 12.2 Å². The fourth-order valence-corrected chi connectivity index (χ4v) is 0.866. The first-order valence-corrected chi connectivity index (χ1v) is 3.74. The van der Waals surface area contributed by atoms with Crippen LogP contribution in [-0.2, 0) is 6.54 Å². The molecule has 13 heavy (non-hydrogen) atoms. The minimum absolute atomic E-state index is 0.150. The Morgan fingerprint density at radius 1 is 1.62 bits per heavy atom. The van der Waals surface area contributed by atoms with Gasteiger partial charge in [-0.25, -0.2) is 4.98 Å². The molecule has 0 bridgehead atoms. The van der Waals surface area contributed by atoms with E-state index in [2.05, 4.69) is 4.98 Å². The van der Waals surface area contributed by atoms with E-state index in [9.17, 15) is 13.2 Å². The van der Waals surface area contributed by atoms with E-state index in [1.165, 1.54) is 6.20 Å². The van der Waals surface area contributed by atoms with Crippen LogP contribution in [0.4, 0.5) is 13.2 Å². The molecule has 1 heterocycles. The molecular formula is C7H10F3N3. The van der Waals surface area contributed by atoms with Crippen molar-refractivity contribution in [1.82, 2.24) is 9.55 Å². The number of hydrogen-bond acceptors (Lipinski definition) is 2. The number of aromatic nitrogens is 2. The predicted octanol–water partition coefficient (Wildman–Crippen LogP) is 1.47. The van der Waals surface area contributed by atoms with Crippen LogP contribution in [-0.4, -0.2) is 15.7 Å². The van der Waals surface area contributed by atoms with Crippen LogP contribution in [0.2, 0.25) is 0 Å². The molecule has 2 N–H and O–H groups in total. The van der Waals surface area contributed by atoms with Crippen LogP contribution < -0.4 is 5.73 Å². The first kappa shape index (κ1) is 10.0. The summed E-state index contributed by atoms with van der Waals surface area (Å²) >= 11 is 0. The molecule has 1 unspecified atom stereocenters. The van der Waals surface area contributed by atoms with E-state index in [1.54, 1.807) is 0 Å². The van der Waals surface area contributed by atoms with Gasteiger partial charge in [-0.05, 0) is 6.92 Å². The molecule has 1 atom stereocenters. The molecule has 1 aromatic heterocycles. The number of nitrogens with zero attached hydrogens (tertiary/aromatic N) is 2. The molecule has 0 aliphatic rings. The van der Waals surface area contributed by atoms with Crippen molar-refractivity contribution in [3.63, 3.8) is 0 Å². The summed E-state index contributed by atoms with van der Waals surface area (Å²) in [5.41, 5.74) is 5.67. The average Bonchev–Trinajstić information content (AvgIpc) is 2.48. The maximum Gasteiger partial charge on any atom is 0.408 e. The predicted molar refractivity (Wildman–Crippen MR) is 40.9 cm³/mol. The topological polar surface area (TPSA) is 43.8 Å². The molecule has 0 fully saturated rings. The number of hydrogen-bond donors (Lipinski definition) is 1. The molecule has 0 aliphatic carbocycles. The van der Waals surface area contributed by atoms with E-state index in [1.807, 2.05) is 0 Å². The van der Waals surface area contributed by atoms with Gasteiger partial charge in [-0.15, -0.1) is 0 Å². The molecular weight excluding hydrogens is 183 g/mol. The van der Waals surface area contributed by atoms with Gasteiger partial charge in [0.2, 0.25) is 0 Å². The third-order valence-electron chi connectivity index (χ3n) is 1.79. The van der Waals surface area contributed by atoms with E-state index in [-0.39, 0.29) is 6.54 Å². The van der Waals surface area contributed by atoms with E-state index in [0.717, 1.165) is 17.8 Å². The Labute approximate surface area is 73.4 Å². The molecule has 0 saturated heterocycles. The third-order valence-corrected chi connectivity index (χ3v) is 1.79. The lowest BCUT2D eigenvalue weighted by molar-refractivity contribution is -0.162. The van der Waals surface area contributed by atoms with Crippen molar-refractivity contribution in [1.29, 1.82) is 0 Å². The molecule has 0 aromatic carbocycles. The smallest absolute Gasteiger partial charge is 0.325 e. The molecule has 74 valence electrons. The first-order valence-electron chi connectivity index (χ1n) is 3.74. The Hall–Kier alpha value is -1.04. The van der Waals surface area contributed by atoms with Gasteiger partial charge in [0.15, 0.2) is 0 Å². The molecule has 0 aliphatic heterocycles. The third kappa shape index (κ3) is 2.21. The minimum Gasteiger partial charge on any atom is -0.325 e. The Kier molecular flexibility index (Phi) is 2.60. The van der Waals surface area contributed by atoms with Crippen molar-refractivity contribution < 1.29 is 13.2 Å². The summed E-state index contributed by atoms with van der Waals surface area (Å²) in [5, 5.41) is 0. The lowest BCUT2D eigenvalue weighted by atomic mass is 10.3. The minimum atomic E-state index is -4.24. The van der Waals surface area contributed by atoms with Gasteiger partial charge < -0.3 is 10.3 Å². The molecule has 1 rings (SSSR count). The van der Waals surface area contributed by atoms with Gasteiger partial charge in [0.1, 0.15) is 6.04 Å². The van der Waals surface area contributed by atoms with Crippen LogP contribution in [0.15, 0.2) is 12.5 Å². The van der Waals surface area contributed by atoms with Crippen LogP contribution in [0.1, 0.15) is 18.7 Å². The van der Waals surface area contributed by atoms with Gasteiger partial charge >= 0.3 is 6.18 Å². The Balaban J connectivity index is 2.83. The highest BCUT2D eigenvalue weighted by molar-refractivity contribution is 4.97. The second kappa shape index (κ2) is 3.37. The van der Waals surface area contributed by atoms with E-state index in [0.29, 0.717) is 5.69 Å². The number of nitrogens with two attached hydrogens (primary N) is 1. The van der Waals surface area contributed by atoms with Gasteiger partial charge in [0, 0.05) is 12.7 Å². The number of rotatable bonds is 2. The summed E-state index contributed by atoms with van der Waals surface area (Å²) in [6, 6.07) is -1.56. The maximum absolute atomic E-state index is 12.2.